The summed E-state index contributed by atoms with van der Waals surface area (Å²) in [5.41, 5.74) is -0.578. The number of rotatable bonds is 2. The van der Waals surface area contributed by atoms with Crippen molar-refractivity contribution < 1.29 is 17.7 Å². The lowest BCUT2D eigenvalue weighted by Gasteiger charge is -2.24. The molecule has 132 valence electrons. The molecule has 3 aromatic rings. The standard InChI is InChI=1S/C20H15F3N2O/c1-19(11-9-14(10-12-19)20(21,22)23)18-24-17(26-25-18)16-8-4-6-13-5-2-3-7-15(13)16/h2-11H,12H2,1H3. The molecule has 6 heteroatoms. The quantitative estimate of drug-likeness (QED) is 0.600. The van der Waals surface area contributed by atoms with Crippen LogP contribution in [0.4, 0.5) is 13.2 Å². The van der Waals surface area contributed by atoms with Gasteiger partial charge in [0, 0.05) is 5.56 Å². The molecule has 0 fully saturated rings. The van der Waals surface area contributed by atoms with E-state index in [1.54, 1.807) is 6.92 Å². The van der Waals surface area contributed by atoms with Crippen molar-refractivity contribution in [2.75, 3.05) is 0 Å². The Morgan fingerprint density at radius 1 is 1.08 bits per heavy atom. The summed E-state index contributed by atoms with van der Waals surface area (Å²) in [6.07, 6.45) is -0.436. The number of halogens is 3. The first-order valence-electron chi connectivity index (χ1n) is 8.16. The van der Waals surface area contributed by atoms with Crippen LogP contribution in [0.2, 0.25) is 0 Å². The number of alkyl halides is 3. The molecule has 0 spiro atoms. The van der Waals surface area contributed by atoms with Gasteiger partial charge in [-0.15, -0.1) is 0 Å². The van der Waals surface area contributed by atoms with Crippen LogP contribution in [0, 0.1) is 0 Å². The highest BCUT2D eigenvalue weighted by Crippen LogP contribution is 2.38. The van der Waals surface area contributed by atoms with E-state index < -0.39 is 17.2 Å². The average Bonchev–Trinajstić information content (AvgIpc) is 3.11. The lowest BCUT2D eigenvalue weighted by molar-refractivity contribution is -0.0887. The lowest BCUT2D eigenvalue weighted by Crippen LogP contribution is -2.24. The van der Waals surface area contributed by atoms with Crippen LogP contribution in [-0.2, 0) is 5.41 Å². The van der Waals surface area contributed by atoms with Crippen molar-refractivity contribution in [1.29, 1.82) is 0 Å². The highest BCUT2D eigenvalue weighted by Gasteiger charge is 2.37. The van der Waals surface area contributed by atoms with E-state index in [1.807, 2.05) is 42.5 Å². The van der Waals surface area contributed by atoms with Crippen LogP contribution in [0.1, 0.15) is 19.2 Å². The van der Waals surface area contributed by atoms with Gasteiger partial charge in [0.15, 0.2) is 5.82 Å². The van der Waals surface area contributed by atoms with E-state index in [2.05, 4.69) is 10.1 Å². The van der Waals surface area contributed by atoms with Gasteiger partial charge in [-0.2, -0.15) is 18.2 Å². The fraction of sp³-hybridized carbons (Fsp3) is 0.200. The third kappa shape index (κ3) is 2.81. The van der Waals surface area contributed by atoms with E-state index in [0.717, 1.165) is 22.4 Å². The van der Waals surface area contributed by atoms with E-state index in [9.17, 15) is 13.2 Å². The molecule has 4 rings (SSSR count). The molecule has 1 aliphatic rings. The third-order valence-corrected chi connectivity index (χ3v) is 4.66. The molecule has 1 atom stereocenters. The Balaban J connectivity index is 1.69. The molecule has 0 saturated carbocycles. The van der Waals surface area contributed by atoms with Gasteiger partial charge in [0.25, 0.3) is 5.89 Å². The van der Waals surface area contributed by atoms with Crippen LogP contribution >= 0.6 is 0 Å². The van der Waals surface area contributed by atoms with Crippen molar-refractivity contribution in [1.82, 2.24) is 10.1 Å². The van der Waals surface area contributed by atoms with Crippen LogP contribution in [0.3, 0.4) is 0 Å². The van der Waals surface area contributed by atoms with Gasteiger partial charge in [-0.1, -0.05) is 59.8 Å². The SMILES string of the molecule is CC1(c2noc(-c3cccc4ccccc34)n2)C=CC(C(F)(F)F)=CC1. The second-order valence-electron chi connectivity index (χ2n) is 6.56. The van der Waals surface area contributed by atoms with Crippen molar-refractivity contribution >= 4 is 10.8 Å². The molecule has 26 heavy (non-hydrogen) atoms. The van der Waals surface area contributed by atoms with Gasteiger partial charge in [-0.25, -0.2) is 0 Å². The Labute approximate surface area is 147 Å². The molecular weight excluding hydrogens is 341 g/mol. The number of benzene rings is 2. The summed E-state index contributed by atoms with van der Waals surface area (Å²) in [4.78, 5) is 4.47. The van der Waals surface area contributed by atoms with Gasteiger partial charge in [-0.05, 0) is 30.2 Å². The molecule has 0 saturated heterocycles. The van der Waals surface area contributed by atoms with Crippen molar-refractivity contribution in [2.45, 2.75) is 24.9 Å². The maximum Gasteiger partial charge on any atom is 0.416 e. The molecule has 2 aromatic carbocycles. The van der Waals surface area contributed by atoms with Gasteiger partial charge < -0.3 is 4.52 Å². The minimum absolute atomic E-state index is 0.160. The fourth-order valence-corrected chi connectivity index (χ4v) is 3.08. The highest BCUT2D eigenvalue weighted by molar-refractivity contribution is 5.94. The van der Waals surface area contributed by atoms with Crippen LogP contribution in [-0.4, -0.2) is 16.3 Å². The van der Waals surface area contributed by atoms with Crippen LogP contribution in [0.5, 0.6) is 0 Å². The summed E-state index contributed by atoms with van der Waals surface area (Å²) >= 11 is 0. The first kappa shape index (κ1) is 16.6. The molecule has 0 bridgehead atoms. The number of fused-ring (bicyclic) bond motifs is 1. The van der Waals surface area contributed by atoms with Crippen molar-refractivity contribution in [2.24, 2.45) is 0 Å². The fourth-order valence-electron chi connectivity index (χ4n) is 3.08. The third-order valence-electron chi connectivity index (χ3n) is 4.66. The molecule has 1 aromatic heterocycles. The first-order valence-corrected chi connectivity index (χ1v) is 8.16. The van der Waals surface area contributed by atoms with Crippen LogP contribution < -0.4 is 0 Å². The molecular formula is C20H15F3N2O. The molecule has 1 heterocycles. The zero-order valence-corrected chi connectivity index (χ0v) is 13.9. The molecule has 0 radical (unpaired) electrons. The largest absolute Gasteiger partial charge is 0.416 e. The molecule has 0 N–H and O–H groups in total. The predicted octanol–water partition coefficient (Wildman–Crippen LogP) is 5.60. The highest BCUT2D eigenvalue weighted by atomic mass is 19.4. The van der Waals surface area contributed by atoms with Gasteiger partial charge >= 0.3 is 6.18 Å². The Kier molecular flexibility index (Phi) is 3.72. The van der Waals surface area contributed by atoms with E-state index in [-0.39, 0.29) is 6.42 Å². The monoisotopic (exact) mass is 356 g/mol. The van der Waals surface area contributed by atoms with E-state index >= 15 is 0 Å². The summed E-state index contributed by atoms with van der Waals surface area (Å²) in [5.74, 6) is 0.728. The number of allylic oxidation sites excluding steroid dienone is 4. The molecule has 0 amide bonds. The number of hydrogen-bond donors (Lipinski definition) is 0. The number of aromatic nitrogens is 2. The van der Waals surface area contributed by atoms with Crippen LogP contribution in [0.25, 0.3) is 22.2 Å². The zero-order chi connectivity index (χ0) is 18.4. The Hall–Kier alpha value is -2.89. The number of nitrogens with zero attached hydrogens (tertiary/aromatic N) is 2. The Bertz CT molecular complexity index is 1030. The summed E-state index contributed by atoms with van der Waals surface area (Å²) in [6.45, 7) is 1.80. The van der Waals surface area contributed by atoms with Gasteiger partial charge in [0.2, 0.25) is 0 Å². The predicted molar refractivity (Wildman–Crippen MR) is 92.5 cm³/mol. The topological polar surface area (TPSA) is 38.9 Å². The van der Waals surface area contributed by atoms with Crippen LogP contribution in [0.15, 0.2) is 70.8 Å². The van der Waals surface area contributed by atoms with E-state index in [1.165, 1.54) is 12.2 Å². The summed E-state index contributed by atoms with van der Waals surface area (Å²) in [6, 6.07) is 13.6. The second kappa shape index (κ2) is 5.83. The van der Waals surface area contributed by atoms with Crippen molar-refractivity contribution in [3.05, 3.63) is 72.1 Å². The zero-order valence-electron chi connectivity index (χ0n) is 13.9. The molecule has 0 aliphatic heterocycles. The van der Waals surface area contributed by atoms with E-state index in [0.29, 0.717) is 11.7 Å². The van der Waals surface area contributed by atoms with E-state index in [4.69, 9.17) is 4.52 Å². The summed E-state index contributed by atoms with van der Waals surface area (Å²) in [5, 5.41) is 6.06. The van der Waals surface area contributed by atoms with Crippen molar-refractivity contribution in [3.8, 4) is 11.5 Å². The molecule has 1 aliphatic carbocycles. The first-order chi connectivity index (χ1) is 12.4. The van der Waals surface area contributed by atoms with Gasteiger partial charge in [-0.3, -0.25) is 0 Å². The summed E-state index contributed by atoms with van der Waals surface area (Å²) < 4.78 is 43.8. The van der Waals surface area contributed by atoms with Crippen molar-refractivity contribution in [3.63, 3.8) is 0 Å². The Morgan fingerprint density at radius 2 is 1.85 bits per heavy atom. The minimum Gasteiger partial charge on any atom is -0.334 e. The normalized spacial score (nSPS) is 20.4. The maximum absolute atomic E-state index is 12.8. The van der Waals surface area contributed by atoms with Gasteiger partial charge in [0.05, 0.1) is 11.0 Å². The lowest BCUT2D eigenvalue weighted by atomic mass is 9.81. The smallest absolute Gasteiger partial charge is 0.334 e. The second-order valence-corrected chi connectivity index (χ2v) is 6.56. The number of hydrogen-bond acceptors (Lipinski definition) is 3. The van der Waals surface area contributed by atoms with Gasteiger partial charge in [0.1, 0.15) is 0 Å². The average molecular weight is 356 g/mol. The molecule has 1 unspecified atom stereocenters. The summed E-state index contributed by atoms with van der Waals surface area (Å²) in [7, 11) is 0. The Morgan fingerprint density at radius 3 is 2.58 bits per heavy atom. The maximum atomic E-state index is 12.8. The minimum atomic E-state index is -4.34. The molecule has 3 nitrogen and oxygen atoms in total.